The molecule has 4 nitrogen and oxygen atoms in total. The van der Waals surface area contributed by atoms with Crippen LogP contribution in [0.2, 0.25) is 5.02 Å². The average molecular weight is 374 g/mol. The number of amides is 1. The molecule has 1 aromatic heterocycles. The molecule has 0 spiro atoms. The molecule has 0 saturated carbocycles. The molecule has 4 aromatic rings. The van der Waals surface area contributed by atoms with E-state index in [2.05, 4.69) is 10.2 Å². The second-order valence-electron chi connectivity index (χ2n) is 6.37. The van der Waals surface area contributed by atoms with E-state index in [9.17, 15) is 4.79 Å². The molecule has 1 amide bonds. The molecule has 0 bridgehead atoms. The number of benzene rings is 3. The first-order valence-electron chi connectivity index (χ1n) is 8.46. The molecular weight excluding hydrogens is 358 g/mol. The third kappa shape index (κ3) is 3.15. The Labute approximate surface area is 161 Å². The zero-order valence-corrected chi connectivity index (χ0v) is 15.4. The Hall–Kier alpha value is -3.24. The summed E-state index contributed by atoms with van der Waals surface area (Å²) >= 11 is 6.34. The van der Waals surface area contributed by atoms with E-state index in [1.54, 1.807) is 12.3 Å². The van der Waals surface area contributed by atoms with E-state index in [1.165, 1.54) is 0 Å². The lowest BCUT2D eigenvalue weighted by Crippen LogP contribution is -2.10. The number of hydrogen-bond acceptors (Lipinski definition) is 3. The van der Waals surface area contributed by atoms with Crippen LogP contribution in [0.1, 0.15) is 15.9 Å². The van der Waals surface area contributed by atoms with Gasteiger partial charge < -0.3 is 5.73 Å². The van der Waals surface area contributed by atoms with E-state index in [0.717, 1.165) is 38.7 Å². The lowest BCUT2D eigenvalue weighted by molar-refractivity contribution is 0.100. The van der Waals surface area contributed by atoms with Crippen LogP contribution in [0, 0.1) is 6.92 Å². The van der Waals surface area contributed by atoms with E-state index in [4.69, 9.17) is 17.3 Å². The summed E-state index contributed by atoms with van der Waals surface area (Å²) in [6, 6.07) is 19.1. The molecule has 0 aliphatic rings. The predicted molar refractivity (Wildman–Crippen MR) is 109 cm³/mol. The van der Waals surface area contributed by atoms with Gasteiger partial charge in [0.2, 0.25) is 5.91 Å². The topological polar surface area (TPSA) is 68.9 Å². The molecule has 1 heterocycles. The van der Waals surface area contributed by atoms with Gasteiger partial charge in [0.05, 0.1) is 11.2 Å². The number of rotatable bonds is 3. The lowest BCUT2D eigenvalue weighted by Gasteiger charge is -2.11. The van der Waals surface area contributed by atoms with E-state index in [-0.39, 0.29) is 0 Å². The van der Waals surface area contributed by atoms with Crippen molar-refractivity contribution in [2.75, 3.05) is 0 Å². The summed E-state index contributed by atoms with van der Waals surface area (Å²) in [6.07, 6.45) is 1.73. The van der Waals surface area contributed by atoms with Crippen molar-refractivity contribution in [3.63, 3.8) is 0 Å². The summed E-state index contributed by atoms with van der Waals surface area (Å²) in [6.45, 7) is 2.00. The summed E-state index contributed by atoms with van der Waals surface area (Å²) in [4.78, 5) is 11.5. The Balaban J connectivity index is 1.89. The maximum absolute atomic E-state index is 11.5. The highest BCUT2D eigenvalue weighted by Gasteiger charge is 2.12. The Morgan fingerprint density at radius 2 is 1.81 bits per heavy atom. The molecule has 27 heavy (non-hydrogen) atoms. The summed E-state index contributed by atoms with van der Waals surface area (Å²) in [5.74, 6) is -0.441. The number of primary amides is 1. The van der Waals surface area contributed by atoms with Gasteiger partial charge in [-0.15, -0.1) is 5.10 Å². The highest BCUT2D eigenvalue weighted by atomic mass is 35.5. The van der Waals surface area contributed by atoms with Crippen LogP contribution >= 0.6 is 11.6 Å². The summed E-state index contributed by atoms with van der Waals surface area (Å²) < 4.78 is 0. The molecule has 2 N–H and O–H groups in total. The molecule has 3 aromatic carbocycles. The molecule has 0 aliphatic heterocycles. The van der Waals surface area contributed by atoms with Crippen molar-refractivity contribution in [2.24, 2.45) is 5.73 Å². The van der Waals surface area contributed by atoms with Gasteiger partial charge in [0.1, 0.15) is 5.69 Å². The molecule has 4 rings (SSSR count). The van der Waals surface area contributed by atoms with Gasteiger partial charge in [-0.25, -0.2) is 0 Å². The van der Waals surface area contributed by atoms with Gasteiger partial charge in [0.15, 0.2) is 0 Å². The zero-order chi connectivity index (χ0) is 19.0. The number of fused-ring (bicyclic) bond motifs is 1. The molecule has 5 heteroatoms. The van der Waals surface area contributed by atoms with Gasteiger partial charge >= 0.3 is 0 Å². The van der Waals surface area contributed by atoms with Gasteiger partial charge in [-0.3, -0.25) is 4.79 Å². The zero-order valence-electron chi connectivity index (χ0n) is 14.6. The van der Waals surface area contributed by atoms with Crippen LogP contribution in [0.5, 0.6) is 0 Å². The van der Waals surface area contributed by atoms with E-state index in [0.29, 0.717) is 10.6 Å². The van der Waals surface area contributed by atoms with Crippen molar-refractivity contribution in [1.82, 2.24) is 10.2 Å². The highest BCUT2D eigenvalue weighted by molar-refractivity contribution is 6.33. The lowest BCUT2D eigenvalue weighted by atomic mass is 9.95. The van der Waals surface area contributed by atoms with Crippen molar-refractivity contribution in [2.45, 2.75) is 6.92 Å². The van der Waals surface area contributed by atoms with Crippen molar-refractivity contribution < 1.29 is 4.79 Å². The van der Waals surface area contributed by atoms with Crippen LogP contribution in [0.25, 0.3) is 33.2 Å². The van der Waals surface area contributed by atoms with Crippen molar-refractivity contribution >= 4 is 28.3 Å². The number of aromatic nitrogens is 2. The van der Waals surface area contributed by atoms with E-state index < -0.39 is 5.91 Å². The minimum Gasteiger partial charge on any atom is -0.366 e. The van der Waals surface area contributed by atoms with Crippen molar-refractivity contribution in [3.05, 3.63) is 83.0 Å². The number of halogens is 1. The Morgan fingerprint density at radius 3 is 2.59 bits per heavy atom. The predicted octanol–water partition coefficient (Wildman–Crippen LogP) is 5.02. The van der Waals surface area contributed by atoms with Gasteiger partial charge in [-0.2, -0.15) is 5.10 Å². The third-order valence-electron chi connectivity index (χ3n) is 4.62. The highest BCUT2D eigenvalue weighted by Crippen LogP contribution is 2.33. The molecule has 0 radical (unpaired) electrons. The molecule has 132 valence electrons. The molecule has 0 aliphatic carbocycles. The Kier molecular flexibility index (Phi) is 4.34. The summed E-state index contributed by atoms with van der Waals surface area (Å²) in [7, 11) is 0. The van der Waals surface area contributed by atoms with Crippen LogP contribution in [0.3, 0.4) is 0 Å². The second-order valence-corrected chi connectivity index (χ2v) is 6.78. The minimum atomic E-state index is -0.441. The fourth-order valence-corrected chi connectivity index (χ4v) is 3.42. The van der Waals surface area contributed by atoms with E-state index >= 15 is 0 Å². The third-order valence-corrected chi connectivity index (χ3v) is 4.95. The smallest absolute Gasteiger partial charge is 0.248 e. The van der Waals surface area contributed by atoms with Crippen LogP contribution in [0.4, 0.5) is 0 Å². The van der Waals surface area contributed by atoms with Gasteiger partial charge in [0.25, 0.3) is 0 Å². The monoisotopic (exact) mass is 373 g/mol. The standard InChI is InChI=1S/C22H16ClN3O/c1-13-6-7-15(22(24)27)11-19(13)14-8-9-17-16(10-14)12-25-26-21(17)18-4-2-3-5-20(18)23/h2-12H,1H3,(H2,24,27). The number of hydrogen-bond donors (Lipinski definition) is 1. The van der Waals surface area contributed by atoms with Crippen molar-refractivity contribution in [1.29, 1.82) is 0 Å². The number of aryl methyl sites for hydroxylation is 1. The van der Waals surface area contributed by atoms with Crippen LogP contribution in [-0.4, -0.2) is 16.1 Å². The molecule has 0 fully saturated rings. The molecule has 0 unspecified atom stereocenters. The normalized spacial score (nSPS) is 10.9. The van der Waals surface area contributed by atoms with Crippen molar-refractivity contribution in [3.8, 4) is 22.4 Å². The summed E-state index contributed by atoms with van der Waals surface area (Å²) in [5, 5.41) is 11.0. The van der Waals surface area contributed by atoms with Crippen LogP contribution < -0.4 is 5.73 Å². The molecular formula is C22H16ClN3O. The quantitative estimate of drug-likeness (QED) is 0.548. The SMILES string of the molecule is Cc1ccc(C(N)=O)cc1-c1ccc2c(-c3ccccc3Cl)nncc2c1. The van der Waals surface area contributed by atoms with Gasteiger partial charge in [-0.1, -0.05) is 48.0 Å². The largest absolute Gasteiger partial charge is 0.366 e. The Bertz CT molecular complexity index is 1190. The number of carbonyl (C=O) groups is 1. The Morgan fingerprint density at radius 1 is 1.00 bits per heavy atom. The average Bonchev–Trinajstić information content (AvgIpc) is 2.68. The van der Waals surface area contributed by atoms with E-state index in [1.807, 2.05) is 61.5 Å². The van der Waals surface area contributed by atoms with Gasteiger partial charge in [0, 0.05) is 21.9 Å². The van der Waals surface area contributed by atoms with Crippen LogP contribution in [-0.2, 0) is 0 Å². The number of carbonyl (C=O) groups excluding carboxylic acids is 1. The molecule has 0 atom stereocenters. The molecule has 0 saturated heterocycles. The summed E-state index contributed by atoms with van der Waals surface area (Å²) in [5.41, 5.74) is 10.5. The number of nitrogens with two attached hydrogens (primary N) is 1. The maximum atomic E-state index is 11.5. The fourth-order valence-electron chi connectivity index (χ4n) is 3.19. The second kappa shape index (κ2) is 6.82. The number of nitrogens with zero attached hydrogens (tertiary/aromatic N) is 2. The first-order valence-corrected chi connectivity index (χ1v) is 8.83. The fraction of sp³-hybridized carbons (Fsp3) is 0.0455. The van der Waals surface area contributed by atoms with Gasteiger partial charge in [-0.05, 0) is 47.9 Å². The maximum Gasteiger partial charge on any atom is 0.248 e. The minimum absolute atomic E-state index is 0.441. The first kappa shape index (κ1) is 17.2. The van der Waals surface area contributed by atoms with Crippen LogP contribution in [0.15, 0.2) is 66.9 Å². The first-order chi connectivity index (χ1) is 13.0.